The van der Waals surface area contributed by atoms with Crippen molar-refractivity contribution in [3.05, 3.63) is 47.5 Å². The van der Waals surface area contributed by atoms with Crippen LogP contribution in [0.4, 0.5) is 0 Å². The van der Waals surface area contributed by atoms with Crippen molar-refractivity contribution in [2.24, 2.45) is 0 Å². The smallest absolute Gasteiger partial charge is 0.167 e. The fourth-order valence-corrected chi connectivity index (χ4v) is 1.74. The molecule has 0 unspecified atom stereocenters. The van der Waals surface area contributed by atoms with Gasteiger partial charge in [0.1, 0.15) is 11.5 Å². The zero-order valence-electron chi connectivity index (χ0n) is 10.4. The Kier molecular flexibility index (Phi) is 3.61. The van der Waals surface area contributed by atoms with Crippen LogP contribution >= 0.6 is 0 Å². The summed E-state index contributed by atoms with van der Waals surface area (Å²) in [5.41, 5.74) is 1.44. The number of rotatable bonds is 3. The van der Waals surface area contributed by atoms with Crippen LogP contribution < -0.4 is 4.74 Å². The van der Waals surface area contributed by atoms with Crippen LogP contribution in [-0.2, 0) is 0 Å². The molecule has 0 spiro atoms. The lowest BCUT2D eigenvalue weighted by atomic mass is 10.1. The van der Waals surface area contributed by atoms with Crippen LogP contribution in [0.3, 0.4) is 0 Å². The van der Waals surface area contributed by atoms with E-state index in [1.807, 2.05) is 0 Å². The predicted molar refractivity (Wildman–Crippen MR) is 73.4 cm³/mol. The van der Waals surface area contributed by atoms with E-state index in [1.54, 1.807) is 36.4 Å². The lowest BCUT2D eigenvalue weighted by Crippen LogP contribution is -1.87. The largest absolute Gasteiger partial charge is 0.508 e. The van der Waals surface area contributed by atoms with Crippen LogP contribution in [0.5, 0.6) is 23.0 Å². The monoisotopic (exact) mass is 258 g/mol. The van der Waals surface area contributed by atoms with Gasteiger partial charge in [-0.2, -0.15) is 0 Å². The average molecular weight is 258 g/mol. The van der Waals surface area contributed by atoms with E-state index in [0.29, 0.717) is 11.3 Å². The number of phenolic OH excluding ortho intramolecular Hbond substituents is 3. The van der Waals surface area contributed by atoms with E-state index in [0.717, 1.165) is 5.56 Å². The Morgan fingerprint density at radius 2 is 1.58 bits per heavy atom. The lowest BCUT2D eigenvalue weighted by Gasteiger charge is -2.07. The molecule has 0 heterocycles. The summed E-state index contributed by atoms with van der Waals surface area (Å²) in [6, 6.07) is 9.38. The molecule has 98 valence electrons. The molecule has 0 aliphatic carbocycles. The minimum Gasteiger partial charge on any atom is -0.508 e. The molecular formula is C15H14O4. The molecule has 0 radical (unpaired) electrons. The standard InChI is InChI=1S/C15H14O4/c1-19-15-11(8-13(17)9-14(15)18)5-2-10-3-6-12(16)7-4-10/h2-9,16-18H,1H3/b5-2+. The van der Waals surface area contributed by atoms with Crippen molar-refractivity contribution in [2.75, 3.05) is 7.11 Å². The molecule has 2 aromatic carbocycles. The maximum atomic E-state index is 9.65. The Balaban J connectivity index is 2.34. The first-order valence-electron chi connectivity index (χ1n) is 5.67. The molecule has 4 heteroatoms. The van der Waals surface area contributed by atoms with Gasteiger partial charge in [-0.05, 0) is 23.8 Å². The van der Waals surface area contributed by atoms with E-state index in [4.69, 9.17) is 4.74 Å². The molecule has 2 rings (SSSR count). The SMILES string of the molecule is COc1c(O)cc(O)cc1/C=C/c1ccc(O)cc1. The van der Waals surface area contributed by atoms with Gasteiger partial charge in [-0.3, -0.25) is 0 Å². The molecule has 0 saturated heterocycles. The molecule has 0 aliphatic heterocycles. The molecule has 2 aromatic rings. The second-order valence-electron chi connectivity index (χ2n) is 4.01. The first-order chi connectivity index (χ1) is 9.10. The maximum Gasteiger partial charge on any atom is 0.167 e. The van der Waals surface area contributed by atoms with E-state index in [1.165, 1.54) is 19.2 Å². The fraction of sp³-hybridized carbons (Fsp3) is 0.0667. The van der Waals surface area contributed by atoms with E-state index in [-0.39, 0.29) is 17.2 Å². The number of ether oxygens (including phenoxy) is 1. The van der Waals surface area contributed by atoms with Gasteiger partial charge >= 0.3 is 0 Å². The summed E-state index contributed by atoms with van der Waals surface area (Å²) < 4.78 is 5.09. The maximum absolute atomic E-state index is 9.65. The van der Waals surface area contributed by atoms with E-state index in [2.05, 4.69) is 0 Å². The summed E-state index contributed by atoms with van der Waals surface area (Å²) in [7, 11) is 1.45. The Labute approximate surface area is 110 Å². The third kappa shape index (κ3) is 2.98. The average Bonchev–Trinajstić information content (AvgIpc) is 2.37. The molecule has 0 amide bonds. The van der Waals surface area contributed by atoms with Crippen LogP contribution in [0.25, 0.3) is 12.2 Å². The minimum atomic E-state index is -0.118. The highest BCUT2D eigenvalue weighted by Crippen LogP contribution is 2.35. The summed E-state index contributed by atoms with van der Waals surface area (Å²) in [6.07, 6.45) is 3.50. The number of hydrogen-bond donors (Lipinski definition) is 3. The molecule has 19 heavy (non-hydrogen) atoms. The second kappa shape index (κ2) is 5.35. The Hall–Kier alpha value is -2.62. The number of methoxy groups -OCH3 is 1. The van der Waals surface area contributed by atoms with Gasteiger partial charge in [-0.1, -0.05) is 24.3 Å². The first-order valence-corrected chi connectivity index (χ1v) is 5.67. The lowest BCUT2D eigenvalue weighted by molar-refractivity contribution is 0.369. The van der Waals surface area contributed by atoms with Gasteiger partial charge in [0, 0.05) is 11.6 Å². The summed E-state index contributed by atoms with van der Waals surface area (Å²) >= 11 is 0. The highest BCUT2D eigenvalue weighted by Gasteiger charge is 2.08. The van der Waals surface area contributed by atoms with Gasteiger partial charge < -0.3 is 20.1 Å². The molecule has 0 aromatic heterocycles. The van der Waals surface area contributed by atoms with Crippen molar-refractivity contribution in [1.29, 1.82) is 0 Å². The van der Waals surface area contributed by atoms with Gasteiger partial charge in [0.05, 0.1) is 7.11 Å². The van der Waals surface area contributed by atoms with Gasteiger partial charge in [0.25, 0.3) is 0 Å². The molecule has 0 aliphatic rings. The normalized spacial score (nSPS) is 10.8. The molecule has 3 N–H and O–H groups in total. The molecule has 0 atom stereocenters. The highest BCUT2D eigenvalue weighted by molar-refractivity contribution is 5.75. The third-order valence-corrected chi connectivity index (χ3v) is 2.64. The van der Waals surface area contributed by atoms with Crippen molar-refractivity contribution in [2.45, 2.75) is 0 Å². The van der Waals surface area contributed by atoms with Crippen LogP contribution in [0.1, 0.15) is 11.1 Å². The summed E-state index contributed by atoms with van der Waals surface area (Å²) in [5.74, 6) is 0.342. The summed E-state index contributed by atoms with van der Waals surface area (Å²) in [4.78, 5) is 0. The van der Waals surface area contributed by atoms with Crippen molar-refractivity contribution in [3.63, 3.8) is 0 Å². The number of phenols is 3. The first kappa shape index (κ1) is 12.8. The van der Waals surface area contributed by atoms with Crippen molar-refractivity contribution < 1.29 is 20.1 Å². The van der Waals surface area contributed by atoms with Gasteiger partial charge in [0.15, 0.2) is 11.5 Å². The second-order valence-corrected chi connectivity index (χ2v) is 4.01. The zero-order chi connectivity index (χ0) is 13.8. The van der Waals surface area contributed by atoms with E-state index < -0.39 is 0 Å². The number of aromatic hydroxyl groups is 3. The van der Waals surface area contributed by atoms with Crippen molar-refractivity contribution in [3.8, 4) is 23.0 Å². The van der Waals surface area contributed by atoms with Crippen molar-refractivity contribution >= 4 is 12.2 Å². The van der Waals surface area contributed by atoms with Gasteiger partial charge in [0.2, 0.25) is 0 Å². The predicted octanol–water partition coefficient (Wildman–Crippen LogP) is 2.98. The fourth-order valence-electron chi connectivity index (χ4n) is 1.74. The summed E-state index contributed by atoms with van der Waals surface area (Å²) in [6.45, 7) is 0. The van der Waals surface area contributed by atoms with E-state index >= 15 is 0 Å². The molecule has 0 fully saturated rings. The molecule has 0 saturated carbocycles. The molecule has 0 bridgehead atoms. The van der Waals surface area contributed by atoms with E-state index in [9.17, 15) is 15.3 Å². The number of hydrogen-bond acceptors (Lipinski definition) is 4. The Morgan fingerprint density at radius 1 is 0.895 bits per heavy atom. The Bertz CT molecular complexity index is 600. The quantitative estimate of drug-likeness (QED) is 0.740. The van der Waals surface area contributed by atoms with Crippen LogP contribution in [0.2, 0.25) is 0 Å². The van der Waals surface area contributed by atoms with Gasteiger partial charge in [-0.25, -0.2) is 0 Å². The molecule has 4 nitrogen and oxygen atoms in total. The van der Waals surface area contributed by atoms with Crippen LogP contribution in [0, 0.1) is 0 Å². The minimum absolute atomic E-state index is 0.0383. The number of benzene rings is 2. The third-order valence-electron chi connectivity index (χ3n) is 2.64. The topological polar surface area (TPSA) is 69.9 Å². The highest BCUT2D eigenvalue weighted by atomic mass is 16.5. The summed E-state index contributed by atoms with van der Waals surface area (Å²) in [5, 5.41) is 28.3. The zero-order valence-corrected chi connectivity index (χ0v) is 10.4. The van der Waals surface area contributed by atoms with Crippen LogP contribution in [0.15, 0.2) is 36.4 Å². The van der Waals surface area contributed by atoms with Gasteiger partial charge in [-0.15, -0.1) is 0 Å². The van der Waals surface area contributed by atoms with Crippen LogP contribution in [-0.4, -0.2) is 22.4 Å². The molecular weight excluding hydrogens is 244 g/mol. The van der Waals surface area contributed by atoms with Crippen molar-refractivity contribution in [1.82, 2.24) is 0 Å². The Morgan fingerprint density at radius 3 is 2.21 bits per heavy atom.